The second-order valence-electron chi connectivity index (χ2n) is 5.52. The molecule has 0 aliphatic heterocycles. The molecule has 0 saturated carbocycles. The summed E-state index contributed by atoms with van der Waals surface area (Å²) < 4.78 is 10.9. The van der Waals surface area contributed by atoms with Crippen molar-refractivity contribution in [3.8, 4) is 5.75 Å². The van der Waals surface area contributed by atoms with E-state index >= 15 is 0 Å². The highest BCUT2D eigenvalue weighted by atomic mass is 16.5. The Hall–Kier alpha value is -3.48. The zero-order valence-electron chi connectivity index (χ0n) is 14.3. The van der Waals surface area contributed by atoms with Crippen LogP contribution in [0.3, 0.4) is 0 Å². The van der Waals surface area contributed by atoms with Crippen molar-refractivity contribution in [1.29, 1.82) is 0 Å². The number of hydrogen-bond donors (Lipinski definition) is 0. The number of esters is 1. The third kappa shape index (κ3) is 3.19. The third-order valence-electron chi connectivity index (χ3n) is 3.83. The lowest BCUT2D eigenvalue weighted by Gasteiger charge is -2.11. The number of para-hydroxylation sites is 3. The van der Waals surface area contributed by atoms with E-state index in [1.165, 1.54) is 14.0 Å². The summed E-state index contributed by atoms with van der Waals surface area (Å²) in [5, 5.41) is 12.5. The van der Waals surface area contributed by atoms with Gasteiger partial charge in [-0.25, -0.2) is 9.78 Å². The molecular formula is C19H16N2O5. The number of benzene rings is 2. The summed E-state index contributed by atoms with van der Waals surface area (Å²) in [6, 6.07) is 13.3. The Bertz CT molecular complexity index is 1000. The molecule has 2 aromatic carbocycles. The van der Waals surface area contributed by atoms with Gasteiger partial charge in [0.15, 0.2) is 5.69 Å². The minimum absolute atomic E-state index is 0.106. The lowest BCUT2D eigenvalue weighted by atomic mass is 10.2. The number of Topliss-reactive ketones (excluding diaryl/α,β-unsaturated/α-hetero) is 1. The van der Waals surface area contributed by atoms with E-state index in [-0.39, 0.29) is 29.1 Å². The molecule has 7 heteroatoms. The fourth-order valence-electron chi connectivity index (χ4n) is 2.64. The summed E-state index contributed by atoms with van der Waals surface area (Å²) in [6.45, 7) is 0.963. The van der Waals surface area contributed by atoms with Crippen LogP contribution in [0.2, 0.25) is 0 Å². The standard InChI is InChI=1S/C19H16N2O5/c1-12(22)18-15(20-14-8-4-5-9-16(14)21(18)24)11-26-19(23)13-7-3-6-10-17(13)25-2/h3-10H,11H2,1-2H3. The van der Waals surface area contributed by atoms with Gasteiger partial charge in [-0.05, 0) is 18.2 Å². The maximum absolute atomic E-state index is 12.5. The average molecular weight is 352 g/mol. The third-order valence-corrected chi connectivity index (χ3v) is 3.83. The van der Waals surface area contributed by atoms with E-state index in [0.717, 1.165) is 0 Å². The lowest BCUT2D eigenvalue weighted by molar-refractivity contribution is -0.580. The molecule has 1 aromatic heterocycles. The number of carbonyl (C=O) groups is 2. The highest BCUT2D eigenvalue weighted by molar-refractivity contribution is 5.94. The van der Waals surface area contributed by atoms with Gasteiger partial charge >= 0.3 is 5.97 Å². The van der Waals surface area contributed by atoms with Gasteiger partial charge in [0.05, 0.1) is 7.11 Å². The van der Waals surface area contributed by atoms with Crippen molar-refractivity contribution >= 4 is 22.8 Å². The van der Waals surface area contributed by atoms with Crippen molar-refractivity contribution in [1.82, 2.24) is 4.98 Å². The van der Waals surface area contributed by atoms with Crippen LogP contribution in [0.15, 0.2) is 48.5 Å². The number of fused-ring (bicyclic) bond motifs is 1. The molecule has 0 amide bonds. The predicted octanol–water partition coefficient (Wildman–Crippen LogP) is 2.44. The van der Waals surface area contributed by atoms with Gasteiger partial charge in [0.1, 0.15) is 23.4 Å². The Labute approximate surface area is 149 Å². The minimum Gasteiger partial charge on any atom is -0.618 e. The molecule has 1 heterocycles. The first kappa shape index (κ1) is 17.3. The second-order valence-corrected chi connectivity index (χ2v) is 5.52. The van der Waals surface area contributed by atoms with Crippen LogP contribution in [0.1, 0.15) is 33.5 Å². The zero-order valence-corrected chi connectivity index (χ0v) is 14.3. The molecule has 0 spiro atoms. The van der Waals surface area contributed by atoms with Crippen LogP contribution < -0.4 is 9.47 Å². The van der Waals surface area contributed by atoms with Crippen LogP contribution in [0, 0.1) is 5.21 Å². The van der Waals surface area contributed by atoms with Gasteiger partial charge in [0.25, 0.3) is 5.69 Å². The molecule has 3 aromatic rings. The normalized spacial score (nSPS) is 10.5. The number of ether oxygens (including phenoxy) is 2. The molecule has 0 aliphatic rings. The molecule has 0 saturated heterocycles. The summed E-state index contributed by atoms with van der Waals surface area (Å²) in [4.78, 5) is 28.6. The van der Waals surface area contributed by atoms with E-state index in [1.807, 2.05) is 0 Å². The highest BCUT2D eigenvalue weighted by Gasteiger charge is 2.24. The van der Waals surface area contributed by atoms with Crippen LogP contribution in [0.4, 0.5) is 0 Å². The van der Waals surface area contributed by atoms with Crippen LogP contribution in [0.25, 0.3) is 11.0 Å². The summed E-state index contributed by atoms with van der Waals surface area (Å²) in [5.74, 6) is -0.722. The van der Waals surface area contributed by atoms with Crippen molar-refractivity contribution in [2.45, 2.75) is 13.5 Å². The van der Waals surface area contributed by atoms with Crippen LogP contribution in [-0.4, -0.2) is 23.8 Å². The van der Waals surface area contributed by atoms with Gasteiger partial charge in [0, 0.05) is 13.0 Å². The first-order valence-electron chi connectivity index (χ1n) is 7.85. The molecule has 0 bridgehead atoms. The number of carbonyl (C=O) groups excluding carboxylic acids is 2. The SMILES string of the molecule is COc1ccccc1C(=O)OCc1nc2ccccc2[n+]([O-])c1C(C)=O. The minimum atomic E-state index is -0.635. The van der Waals surface area contributed by atoms with Gasteiger partial charge < -0.3 is 14.7 Å². The van der Waals surface area contributed by atoms with Crippen molar-refractivity contribution in [2.24, 2.45) is 0 Å². The molecular weight excluding hydrogens is 336 g/mol. The van der Waals surface area contributed by atoms with E-state index in [2.05, 4.69) is 4.98 Å². The quantitative estimate of drug-likeness (QED) is 0.303. The van der Waals surface area contributed by atoms with Crippen LogP contribution in [0.5, 0.6) is 5.75 Å². The molecule has 0 radical (unpaired) electrons. The van der Waals surface area contributed by atoms with Crippen molar-refractivity contribution in [3.63, 3.8) is 0 Å². The fraction of sp³-hybridized carbons (Fsp3) is 0.158. The molecule has 132 valence electrons. The molecule has 3 rings (SSSR count). The predicted molar refractivity (Wildman–Crippen MR) is 92.8 cm³/mol. The maximum Gasteiger partial charge on any atom is 0.342 e. The van der Waals surface area contributed by atoms with Gasteiger partial charge in [-0.1, -0.05) is 24.3 Å². The van der Waals surface area contributed by atoms with Gasteiger partial charge in [-0.2, -0.15) is 4.73 Å². The number of methoxy groups -OCH3 is 1. The number of nitrogens with zero attached hydrogens (tertiary/aromatic N) is 2. The zero-order chi connectivity index (χ0) is 18.7. The molecule has 26 heavy (non-hydrogen) atoms. The Morgan fingerprint density at radius 3 is 2.54 bits per heavy atom. The van der Waals surface area contributed by atoms with Gasteiger partial charge in [0.2, 0.25) is 11.3 Å². The first-order chi connectivity index (χ1) is 12.5. The topological polar surface area (TPSA) is 92.4 Å². The summed E-state index contributed by atoms with van der Waals surface area (Å²) in [6.07, 6.45) is 0. The van der Waals surface area contributed by atoms with E-state index < -0.39 is 11.8 Å². The first-order valence-corrected chi connectivity index (χ1v) is 7.85. The van der Waals surface area contributed by atoms with Crippen molar-refractivity contribution < 1.29 is 23.8 Å². The molecule has 7 nitrogen and oxygen atoms in total. The summed E-state index contributed by atoms with van der Waals surface area (Å²) in [5.41, 5.74) is 0.898. The van der Waals surface area contributed by atoms with E-state index in [4.69, 9.17) is 9.47 Å². The number of hydrogen-bond acceptors (Lipinski definition) is 6. The van der Waals surface area contributed by atoms with Crippen LogP contribution >= 0.6 is 0 Å². The highest BCUT2D eigenvalue weighted by Crippen LogP contribution is 2.19. The van der Waals surface area contributed by atoms with Gasteiger partial charge in [-0.3, -0.25) is 4.79 Å². The Morgan fingerprint density at radius 2 is 1.81 bits per heavy atom. The molecule has 0 aliphatic carbocycles. The monoisotopic (exact) mass is 352 g/mol. The molecule has 0 unspecified atom stereocenters. The summed E-state index contributed by atoms with van der Waals surface area (Å²) >= 11 is 0. The second kappa shape index (κ2) is 7.18. The van der Waals surface area contributed by atoms with Crippen LogP contribution in [-0.2, 0) is 11.3 Å². The van der Waals surface area contributed by atoms with E-state index in [9.17, 15) is 14.8 Å². The Kier molecular flexibility index (Phi) is 4.79. The Morgan fingerprint density at radius 1 is 1.12 bits per heavy atom. The smallest absolute Gasteiger partial charge is 0.342 e. The van der Waals surface area contributed by atoms with Gasteiger partial charge in [-0.15, -0.1) is 0 Å². The van der Waals surface area contributed by atoms with Crippen molar-refractivity contribution in [3.05, 3.63) is 70.7 Å². The molecule has 0 N–H and O–H groups in total. The molecule has 0 atom stereocenters. The number of rotatable bonds is 5. The van der Waals surface area contributed by atoms with Crippen molar-refractivity contribution in [2.75, 3.05) is 7.11 Å². The number of ketones is 1. The Balaban J connectivity index is 1.94. The summed E-state index contributed by atoms with van der Waals surface area (Å²) in [7, 11) is 1.45. The number of aromatic nitrogens is 2. The lowest BCUT2D eigenvalue weighted by Crippen LogP contribution is -2.37. The average Bonchev–Trinajstić information content (AvgIpc) is 2.65. The fourth-order valence-corrected chi connectivity index (χ4v) is 2.64. The van der Waals surface area contributed by atoms with E-state index in [1.54, 1.807) is 48.5 Å². The molecule has 0 fully saturated rings. The maximum atomic E-state index is 12.5. The largest absolute Gasteiger partial charge is 0.618 e. The van der Waals surface area contributed by atoms with E-state index in [0.29, 0.717) is 16.0 Å².